The highest BCUT2D eigenvalue weighted by molar-refractivity contribution is 9.15. The molecular weight excluding hydrogens is 479 g/mol. The van der Waals surface area contributed by atoms with Crippen LogP contribution in [-0.2, 0) is 19.1 Å². The second kappa shape index (κ2) is 9.04. The lowest BCUT2D eigenvalue weighted by atomic mass is 9.82. The van der Waals surface area contributed by atoms with Gasteiger partial charge >= 0.3 is 11.9 Å². The minimum atomic E-state index is -1.52. The first-order chi connectivity index (χ1) is 13.9. The predicted octanol–water partition coefficient (Wildman–Crippen LogP) is 5.61. The van der Waals surface area contributed by atoms with Gasteiger partial charge in [-0.2, -0.15) is 0 Å². The van der Waals surface area contributed by atoms with Crippen LogP contribution in [0.5, 0.6) is 0 Å². The molecule has 1 heterocycles. The number of hydrogen-bond acceptors (Lipinski definition) is 4. The van der Waals surface area contributed by atoms with Gasteiger partial charge in [-0.25, -0.2) is 0 Å². The maximum atomic E-state index is 12.7. The van der Waals surface area contributed by atoms with Crippen molar-refractivity contribution in [3.05, 3.63) is 75.5 Å². The van der Waals surface area contributed by atoms with Gasteiger partial charge in [0.15, 0.2) is 5.41 Å². The van der Waals surface area contributed by atoms with Gasteiger partial charge in [-0.1, -0.05) is 47.2 Å². The Bertz CT molecular complexity index is 1030. The summed E-state index contributed by atoms with van der Waals surface area (Å²) in [4.78, 5) is 25.2. The van der Waals surface area contributed by atoms with Crippen molar-refractivity contribution in [3.63, 3.8) is 0 Å². The van der Waals surface area contributed by atoms with E-state index in [2.05, 4.69) is 27.8 Å². The van der Waals surface area contributed by atoms with Gasteiger partial charge in [-0.05, 0) is 57.9 Å². The summed E-state index contributed by atoms with van der Waals surface area (Å²) in [6, 6.07) is 14.0. The van der Waals surface area contributed by atoms with Crippen LogP contribution in [0.1, 0.15) is 24.0 Å². The smallest absolute Gasteiger partial charge is 0.330 e. The summed E-state index contributed by atoms with van der Waals surface area (Å²) in [5.41, 5.74) is -0.0291. The topological polar surface area (TPSA) is 52.6 Å². The molecule has 2 aromatic rings. The quantitative estimate of drug-likeness (QED) is 0.317. The van der Waals surface area contributed by atoms with E-state index in [0.717, 1.165) is 11.1 Å². The lowest BCUT2D eigenvalue weighted by Gasteiger charge is -2.17. The zero-order chi connectivity index (χ0) is 21.0. The summed E-state index contributed by atoms with van der Waals surface area (Å²) in [6.07, 6.45) is 0.00252. The zero-order valence-electron chi connectivity index (χ0n) is 15.3. The SMILES string of the molecule is COC(=O)[C@@]1(CC#Cc2ccc(Cl)cc2)C/C(=C(\Br)c2ccc(Cl)cc2)OC1=O. The molecule has 1 saturated heterocycles. The average molecular weight is 494 g/mol. The molecule has 7 heteroatoms. The average Bonchev–Trinajstić information content (AvgIpc) is 3.06. The summed E-state index contributed by atoms with van der Waals surface area (Å²) in [5, 5.41) is 1.19. The van der Waals surface area contributed by atoms with Gasteiger partial charge < -0.3 is 9.47 Å². The highest BCUT2D eigenvalue weighted by atomic mass is 79.9. The number of halogens is 3. The Labute approximate surface area is 186 Å². The van der Waals surface area contributed by atoms with Crippen LogP contribution in [0.15, 0.2) is 54.3 Å². The third-order valence-electron chi connectivity index (χ3n) is 4.45. The van der Waals surface area contributed by atoms with E-state index in [1.807, 2.05) is 0 Å². The highest BCUT2D eigenvalue weighted by Crippen LogP contribution is 2.44. The van der Waals surface area contributed by atoms with Crippen molar-refractivity contribution >= 4 is 55.6 Å². The van der Waals surface area contributed by atoms with Gasteiger partial charge in [0.25, 0.3) is 0 Å². The minimum absolute atomic E-state index is 0.0362. The third-order valence-corrected chi connectivity index (χ3v) is 5.86. The van der Waals surface area contributed by atoms with Crippen molar-refractivity contribution in [1.29, 1.82) is 0 Å². The largest absolute Gasteiger partial charge is 0.468 e. The van der Waals surface area contributed by atoms with Gasteiger partial charge in [-0.15, -0.1) is 0 Å². The Morgan fingerprint density at radius 1 is 1.14 bits per heavy atom. The number of esters is 2. The molecule has 0 saturated carbocycles. The Hall–Kier alpha value is -2.26. The minimum Gasteiger partial charge on any atom is -0.468 e. The number of hydrogen-bond donors (Lipinski definition) is 0. The monoisotopic (exact) mass is 492 g/mol. The van der Waals surface area contributed by atoms with Gasteiger partial charge in [0.2, 0.25) is 0 Å². The molecule has 0 N–H and O–H groups in total. The van der Waals surface area contributed by atoms with Gasteiger partial charge in [0.1, 0.15) is 5.76 Å². The van der Waals surface area contributed by atoms with E-state index >= 15 is 0 Å². The van der Waals surface area contributed by atoms with E-state index in [-0.39, 0.29) is 12.8 Å². The number of carbonyl (C=O) groups excluding carboxylic acids is 2. The first-order valence-electron chi connectivity index (χ1n) is 8.55. The number of benzene rings is 2. The van der Waals surface area contributed by atoms with E-state index in [9.17, 15) is 9.59 Å². The second-order valence-corrected chi connectivity index (χ2v) is 8.04. The Morgan fingerprint density at radius 2 is 1.72 bits per heavy atom. The molecule has 1 aliphatic rings. The summed E-state index contributed by atoms with van der Waals surface area (Å²) in [7, 11) is 1.24. The van der Waals surface area contributed by atoms with E-state index in [1.54, 1.807) is 48.5 Å². The van der Waals surface area contributed by atoms with Crippen LogP contribution in [-0.4, -0.2) is 19.0 Å². The summed E-state index contributed by atoms with van der Waals surface area (Å²) >= 11 is 15.2. The van der Waals surface area contributed by atoms with Gasteiger partial charge in [0.05, 0.1) is 11.6 Å². The first kappa shape index (κ1) is 21.4. The predicted molar refractivity (Wildman–Crippen MR) is 115 cm³/mol. The molecule has 1 atom stereocenters. The molecule has 0 radical (unpaired) electrons. The third kappa shape index (κ3) is 4.67. The van der Waals surface area contributed by atoms with Crippen LogP contribution < -0.4 is 0 Å². The van der Waals surface area contributed by atoms with E-state index in [1.165, 1.54) is 7.11 Å². The molecule has 4 nitrogen and oxygen atoms in total. The number of methoxy groups -OCH3 is 1. The van der Waals surface area contributed by atoms with Crippen LogP contribution in [0.25, 0.3) is 4.48 Å². The second-order valence-electron chi connectivity index (χ2n) is 6.37. The number of cyclic esters (lactones) is 1. The van der Waals surface area contributed by atoms with Crippen molar-refractivity contribution in [2.24, 2.45) is 5.41 Å². The van der Waals surface area contributed by atoms with E-state index < -0.39 is 17.4 Å². The summed E-state index contributed by atoms with van der Waals surface area (Å²) in [5.74, 6) is 4.82. The lowest BCUT2D eigenvalue weighted by Crippen LogP contribution is -2.36. The summed E-state index contributed by atoms with van der Waals surface area (Å²) < 4.78 is 10.9. The molecule has 1 fully saturated rings. The van der Waals surface area contributed by atoms with Gasteiger partial charge in [-0.3, -0.25) is 9.59 Å². The molecule has 0 unspecified atom stereocenters. The fraction of sp³-hybridized carbons (Fsp3) is 0.182. The van der Waals surface area contributed by atoms with Gasteiger partial charge in [0, 0.05) is 28.5 Å². The standard InChI is InChI=1S/C22H15BrCl2O4/c1-28-20(26)22(12-2-3-14-4-8-16(24)9-5-14)13-18(29-21(22)27)19(23)15-6-10-17(25)11-7-15/h4-11H,12-13H2,1H3/b19-18+/t22-/m1/s1. The lowest BCUT2D eigenvalue weighted by molar-refractivity contribution is -0.162. The highest BCUT2D eigenvalue weighted by Gasteiger charge is 2.54. The Kier molecular flexibility index (Phi) is 6.69. The van der Waals surface area contributed by atoms with Crippen LogP contribution in [0, 0.1) is 17.3 Å². The fourth-order valence-electron chi connectivity index (χ4n) is 2.86. The van der Waals surface area contributed by atoms with Crippen molar-refractivity contribution in [2.45, 2.75) is 12.8 Å². The van der Waals surface area contributed by atoms with E-state index in [4.69, 9.17) is 32.7 Å². The Balaban J connectivity index is 1.91. The molecule has 3 rings (SSSR count). The molecule has 0 aromatic heterocycles. The number of carbonyl (C=O) groups is 2. The molecule has 148 valence electrons. The molecule has 0 bridgehead atoms. The molecule has 29 heavy (non-hydrogen) atoms. The molecule has 0 aliphatic carbocycles. The number of ether oxygens (including phenoxy) is 2. The van der Waals surface area contributed by atoms with Crippen molar-refractivity contribution in [1.82, 2.24) is 0 Å². The maximum absolute atomic E-state index is 12.7. The van der Waals surface area contributed by atoms with Crippen LogP contribution in [0.3, 0.4) is 0 Å². The number of rotatable bonds is 3. The maximum Gasteiger partial charge on any atom is 0.330 e. The van der Waals surface area contributed by atoms with Crippen LogP contribution >= 0.6 is 39.1 Å². The van der Waals surface area contributed by atoms with Crippen molar-refractivity contribution < 1.29 is 19.1 Å². The first-order valence-corrected chi connectivity index (χ1v) is 10.1. The van der Waals surface area contributed by atoms with Crippen LogP contribution in [0.4, 0.5) is 0 Å². The summed E-state index contributed by atoms with van der Waals surface area (Å²) in [6.45, 7) is 0. The zero-order valence-corrected chi connectivity index (χ0v) is 18.4. The molecule has 1 aliphatic heterocycles. The fourth-order valence-corrected chi connectivity index (χ4v) is 3.60. The molecule has 0 amide bonds. The Morgan fingerprint density at radius 3 is 2.31 bits per heavy atom. The van der Waals surface area contributed by atoms with Crippen LogP contribution in [0.2, 0.25) is 10.0 Å². The normalized spacial score (nSPS) is 19.8. The van der Waals surface area contributed by atoms with E-state index in [0.29, 0.717) is 20.3 Å². The molecule has 0 spiro atoms. The molecule has 2 aromatic carbocycles. The molecular formula is C22H15BrCl2O4. The van der Waals surface area contributed by atoms with Crippen molar-refractivity contribution in [2.75, 3.05) is 7.11 Å². The number of allylic oxidation sites excluding steroid dienone is 1. The van der Waals surface area contributed by atoms with Crippen molar-refractivity contribution in [3.8, 4) is 11.8 Å².